The smallest absolute Gasteiger partial charge is 0.191 e. The SMILES string of the molecule is CCNC(=NCc1ccc(OC)cc1)NCC(c1ccc(F)cc1)N1CCOCC1. The largest absolute Gasteiger partial charge is 0.497 e. The number of nitrogens with one attached hydrogen (secondary N) is 2. The molecular weight excluding hydrogens is 383 g/mol. The van der Waals surface area contributed by atoms with Gasteiger partial charge in [0.2, 0.25) is 0 Å². The lowest BCUT2D eigenvalue weighted by Crippen LogP contribution is -2.46. The van der Waals surface area contributed by atoms with Gasteiger partial charge in [-0.05, 0) is 42.3 Å². The summed E-state index contributed by atoms with van der Waals surface area (Å²) in [5.41, 5.74) is 2.19. The Balaban J connectivity index is 1.68. The highest BCUT2D eigenvalue weighted by Gasteiger charge is 2.23. The monoisotopic (exact) mass is 414 g/mol. The molecule has 6 nitrogen and oxygen atoms in total. The van der Waals surface area contributed by atoms with Crippen molar-refractivity contribution in [2.24, 2.45) is 4.99 Å². The second kappa shape index (κ2) is 11.5. The number of guanidine groups is 1. The van der Waals surface area contributed by atoms with E-state index in [2.05, 4.69) is 15.5 Å². The van der Waals surface area contributed by atoms with Crippen molar-refractivity contribution in [3.8, 4) is 5.75 Å². The maximum absolute atomic E-state index is 13.4. The molecule has 0 bridgehead atoms. The summed E-state index contributed by atoms with van der Waals surface area (Å²) < 4.78 is 24.1. The number of hydrogen-bond donors (Lipinski definition) is 2. The summed E-state index contributed by atoms with van der Waals surface area (Å²) in [4.78, 5) is 7.09. The van der Waals surface area contributed by atoms with Crippen molar-refractivity contribution in [2.75, 3.05) is 46.5 Å². The van der Waals surface area contributed by atoms with E-state index in [1.54, 1.807) is 7.11 Å². The number of hydrogen-bond acceptors (Lipinski definition) is 4. The van der Waals surface area contributed by atoms with Gasteiger partial charge in [-0.1, -0.05) is 24.3 Å². The molecular formula is C23H31FN4O2. The lowest BCUT2D eigenvalue weighted by atomic mass is 10.0. The van der Waals surface area contributed by atoms with Crippen LogP contribution in [0, 0.1) is 5.82 Å². The molecule has 3 rings (SSSR count). The fraction of sp³-hybridized carbons (Fsp3) is 0.435. The first-order chi connectivity index (χ1) is 14.7. The van der Waals surface area contributed by atoms with Crippen LogP contribution < -0.4 is 15.4 Å². The highest BCUT2D eigenvalue weighted by molar-refractivity contribution is 5.79. The summed E-state index contributed by atoms with van der Waals surface area (Å²) in [5, 5.41) is 6.77. The topological polar surface area (TPSA) is 58.1 Å². The Morgan fingerprint density at radius 3 is 2.43 bits per heavy atom. The molecule has 0 saturated carbocycles. The van der Waals surface area contributed by atoms with Crippen LogP contribution in [0.3, 0.4) is 0 Å². The molecule has 162 valence electrons. The molecule has 2 aromatic rings. The second-order valence-corrected chi connectivity index (χ2v) is 7.14. The van der Waals surface area contributed by atoms with Crippen molar-refractivity contribution in [3.05, 3.63) is 65.5 Å². The maximum Gasteiger partial charge on any atom is 0.191 e. The van der Waals surface area contributed by atoms with Crippen LogP contribution in [0.25, 0.3) is 0 Å². The summed E-state index contributed by atoms with van der Waals surface area (Å²) in [7, 11) is 1.66. The Labute approximate surface area is 178 Å². The third-order valence-electron chi connectivity index (χ3n) is 5.13. The second-order valence-electron chi connectivity index (χ2n) is 7.14. The molecule has 2 N–H and O–H groups in total. The van der Waals surface area contributed by atoms with Crippen LogP contribution in [-0.4, -0.2) is 57.4 Å². The molecule has 0 spiro atoms. The van der Waals surface area contributed by atoms with Crippen molar-refractivity contribution in [1.82, 2.24) is 15.5 Å². The van der Waals surface area contributed by atoms with Gasteiger partial charge in [-0.2, -0.15) is 0 Å². The molecule has 1 heterocycles. The number of methoxy groups -OCH3 is 1. The van der Waals surface area contributed by atoms with Gasteiger partial charge in [-0.15, -0.1) is 0 Å². The van der Waals surface area contributed by atoms with Crippen molar-refractivity contribution < 1.29 is 13.9 Å². The van der Waals surface area contributed by atoms with E-state index >= 15 is 0 Å². The zero-order valence-corrected chi connectivity index (χ0v) is 17.7. The molecule has 0 radical (unpaired) electrons. The standard InChI is InChI=1S/C23H31FN4O2/c1-3-25-23(26-16-18-4-10-21(29-2)11-5-18)27-17-22(28-12-14-30-15-13-28)19-6-8-20(24)9-7-19/h4-11,22H,3,12-17H2,1-2H3,(H2,25,26,27). The first-order valence-corrected chi connectivity index (χ1v) is 10.4. The van der Waals surface area contributed by atoms with E-state index in [-0.39, 0.29) is 11.9 Å². The molecule has 1 aliphatic rings. The highest BCUT2D eigenvalue weighted by Crippen LogP contribution is 2.21. The summed E-state index contributed by atoms with van der Waals surface area (Å²) in [6, 6.07) is 14.8. The van der Waals surface area contributed by atoms with Crippen LogP contribution in [-0.2, 0) is 11.3 Å². The highest BCUT2D eigenvalue weighted by atomic mass is 19.1. The first kappa shape index (κ1) is 22.1. The summed E-state index contributed by atoms with van der Waals surface area (Å²) >= 11 is 0. The number of halogens is 1. The van der Waals surface area contributed by atoms with E-state index in [0.29, 0.717) is 26.3 Å². The van der Waals surface area contributed by atoms with E-state index < -0.39 is 0 Å². The lowest BCUT2D eigenvalue weighted by Gasteiger charge is -2.35. The molecule has 1 fully saturated rings. The van der Waals surface area contributed by atoms with Gasteiger partial charge in [0.05, 0.1) is 32.9 Å². The predicted octanol–water partition coefficient (Wildman–Crippen LogP) is 2.96. The number of ether oxygens (including phenoxy) is 2. The molecule has 7 heteroatoms. The predicted molar refractivity (Wildman–Crippen MR) is 117 cm³/mol. The number of benzene rings is 2. The Bertz CT molecular complexity index is 790. The van der Waals surface area contributed by atoms with Crippen LogP contribution >= 0.6 is 0 Å². The van der Waals surface area contributed by atoms with E-state index in [9.17, 15) is 4.39 Å². The van der Waals surface area contributed by atoms with Crippen LogP contribution in [0.15, 0.2) is 53.5 Å². The number of rotatable bonds is 8. The lowest BCUT2D eigenvalue weighted by molar-refractivity contribution is 0.0170. The molecule has 1 unspecified atom stereocenters. The van der Waals surface area contributed by atoms with Gasteiger partial charge in [-0.25, -0.2) is 9.38 Å². The van der Waals surface area contributed by atoms with Gasteiger partial charge >= 0.3 is 0 Å². The van der Waals surface area contributed by atoms with Gasteiger partial charge in [0.25, 0.3) is 0 Å². The van der Waals surface area contributed by atoms with Gasteiger partial charge in [0, 0.05) is 26.2 Å². The van der Waals surface area contributed by atoms with Crippen LogP contribution in [0.2, 0.25) is 0 Å². The fourth-order valence-electron chi connectivity index (χ4n) is 3.47. The Hall–Kier alpha value is -2.64. The third-order valence-corrected chi connectivity index (χ3v) is 5.13. The van der Waals surface area contributed by atoms with Gasteiger partial charge in [0.1, 0.15) is 11.6 Å². The molecule has 1 atom stereocenters. The normalized spacial score (nSPS) is 16.2. The molecule has 30 heavy (non-hydrogen) atoms. The van der Waals surface area contributed by atoms with Gasteiger partial charge < -0.3 is 20.1 Å². The van der Waals surface area contributed by atoms with Crippen LogP contribution in [0.1, 0.15) is 24.1 Å². The van der Waals surface area contributed by atoms with Gasteiger partial charge in [0.15, 0.2) is 5.96 Å². The van der Waals surface area contributed by atoms with E-state index in [1.807, 2.05) is 43.3 Å². The minimum absolute atomic E-state index is 0.111. The zero-order chi connectivity index (χ0) is 21.2. The molecule has 0 amide bonds. The molecule has 2 aromatic carbocycles. The zero-order valence-electron chi connectivity index (χ0n) is 17.7. The Morgan fingerprint density at radius 2 is 1.80 bits per heavy atom. The Kier molecular flexibility index (Phi) is 8.47. The van der Waals surface area contributed by atoms with Crippen molar-refractivity contribution in [2.45, 2.75) is 19.5 Å². The number of nitrogens with zero attached hydrogens (tertiary/aromatic N) is 2. The minimum atomic E-state index is -0.221. The van der Waals surface area contributed by atoms with Crippen LogP contribution in [0.4, 0.5) is 4.39 Å². The quantitative estimate of drug-likeness (QED) is 0.514. The first-order valence-electron chi connectivity index (χ1n) is 10.4. The van der Waals surface area contributed by atoms with Crippen molar-refractivity contribution in [1.29, 1.82) is 0 Å². The van der Waals surface area contributed by atoms with Gasteiger partial charge in [-0.3, -0.25) is 4.90 Å². The fourth-order valence-corrected chi connectivity index (χ4v) is 3.47. The molecule has 0 aromatic heterocycles. The Morgan fingerprint density at radius 1 is 1.10 bits per heavy atom. The molecule has 0 aliphatic carbocycles. The van der Waals surface area contributed by atoms with Crippen LogP contribution in [0.5, 0.6) is 5.75 Å². The number of aliphatic imine (C=N–C) groups is 1. The molecule has 1 aliphatic heterocycles. The van der Waals surface area contributed by atoms with E-state index in [1.165, 1.54) is 12.1 Å². The minimum Gasteiger partial charge on any atom is -0.497 e. The maximum atomic E-state index is 13.4. The average Bonchev–Trinajstić information content (AvgIpc) is 2.79. The van der Waals surface area contributed by atoms with E-state index in [4.69, 9.17) is 14.5 Å². The molecule has 1 saturated heterocycles. The van der Waals surface area contributed by atoms with E-state index in [0.717, 1.165) is 42.5 Å². The average molecular weight is 415 g/mol. The summed E-state index contributed by atoms with van der Waals surface area (Å²) in [6.45, 7) is 7.18. The summed E-state index contributed by atoms with van der Waals surface area (Å²) in [6.07, 6.45) is 0. The number of morpholine rings is 1. The summed E-state index contributed by atoms with van der Waals surface area (Å²) in [5.74, 6) is 1.37. The van der Waals surface area contributed by atoms with Crippen molar-refractivity contribution >= 4 is 5.96 Å². The third kappa shape index (κ3) is 6.43. The van der Waals surface area contributed by atoms with Crippen molar-refractivity contribution in [3.63, 3.8) is 0 Å².